The van der Waals surface area contributed by atoms with Gasteiger partial charge in [0, 0.05) is 37.7 Å². The molecule has 0 spiro atoms. The number of hydrogen-bond acceptors (Lipinski definition) is 5. The molecule has 1 saturated heterocycles. The molecule has 9 nitrogen and oxygen atoms in total. The van der Waals surface area contributed by atoms with Gasteiger partial charge in [0.05, 0.1) is 12.2 Å². The monoisotopic (exact) mass is 613 g/mol. The van der Waals surface area contributed by atoms with E-state index < -0.39 is 18.4 Å². The van der Waals surface area contributed by atoms with Gasteiger partial charge in [-0.05, 0) is 42.5 Å². The lowest BCUT2D eigenvalue weighted by atomic mass is 9.87. The first-order chi connectivity index (χ1) is 22.0. The van der Waals surface area contributed by atoms with Crippen molar-refractivity contribution in [2.75, 3.05) is 26.2 Å². The summed E-state index contributed by atoms with van der Waals surface area (Å²) in [6.07, 6.45) is 2.70. The lowest BCUT2D eigenvalue weighted by molar-refractivity contribution is -0.0374. The van der Waals surface area contributed by atoms with Gasteiger partial charge >= 0.3 is 12.1 Å². The number of carbonyl (C=O) groups excluding carboxylic acids is 3. The Balaban J connectivity index is 1.65. The number of piperidine rings is 1. The van der Waals surface area contributed by atoms with Gasteiger partial charge in [-0.3, -0.25) is 9.69 Å². The first kappa shape index (κ1) is 33.5. The van der Waals surface area contributed by atoms with E-state index in [9.17, 15) is 14.4 Å². The second-order valence-electron chi connectivity index (χ2n) is 11.5. The number of nitrogens with one attached hydrogen (secondary N) is 4. The van der Waals surface area contributed by atoms with Crippen molar-refractivity contribution >= 4 is 18.0 Å². The molecule has 240 valence electrons. The van der Waals surface area contributed by atoms with Crippen molar-refractivity contribution in [3.63, 3.8) is 0 Å². The van der Waals surface area contributed by atoms with Crippen LogP contribution in [0, 0.1) is 5.92 Å². The minimum Gasteiger partial charge on any atom is -0.445 e. The molecule has 0 radical (unpaired) electrons. The van der Waals surface area contributed by atoms with Gasteiger partial charge in [-0.15, -0.1) is 0 Å². The van der Waals surface area contributed by atoms with Crippen molar-refractivity contribution in [2.45, 2.75) is 64.3 Å². The Morgan fingerprint density at radius 2 is 1.33 bits per heavy atom. The first-order valence-corrected chi connectivity index (χ1v) is 16.2. The van der Waals surface area contributed by atoms with E-state index in [-0.39, 0.29) is 30.4 Å². The maximum absolute atomic E-state index is 13.2. The lowest BCUT2D eigenvalue weighted by Crippen LogP contribution is -2.61. The number of nitrogens with zero attached hydrogens (tertiary/aromatic N) is 1. The van der Waals surface area contributed by atoms with Gasteiger partial charge in [-0.2, -0.15) is 0 Å². The summed E-state index contributed by atoms with van der Waals surface area (Å²) in [6, 6.07) is 28.9. The van der Waals surface area contributed by atoms with E-state index in [0.717, 1.165) is 36.8 Å². The predicted octanol–water partition coefficient (Wildman–Crippen LogP) is 5.85. The zero-order valence-electron chi connectivity index (χ0n) is 26.4. The summed E-state index contributed by atoms with van der Waals surface area (Å²) in [5, 5.41) is 12.1. The summed E-state index contributed by atoms with van der Waals surface area (Å²) in [7, 11) is 0. The topological polar surface area (TPSA) is 112 Å². The molecule has 1 aliphatic heterocycles. The number of urea groups is 1. The highest BCUT2D eigenvalue weighted by Crippen LogP contribution is 2.36. The number of rotatable bonds is 14. The van der Waals surface area contributed by atoms with Crippen molar-refractivity contribution in [3.8, 4) is 0 Å². The molecular weight excluding hydrogens is 566 g/mol. The fourth-order valence-corrected chi connectivity index (χ4v) is 5.72. The minimum absolute atomic E-state index is 0.197. The Bertz CT molecular complexity index is 1290. The van der Waals surface area contributed by atoms with Crippen LogP contribution in [-0.2, 0) is 4.74 Å². The van der Waals surface area contributed by atoms with Crippen LogP contribution >= 0.6 is 0 Å². The van der Waals surface area contributed by atoms with Crippen LogP contribution < -0.4 is 21.3 Å². The number of likely N-dealkylation sites (tertiary alicyclic amines) is 1. The second kappa shape index (κ2) is 17.8. The molecule has 0 aromatic heterocycles. The normalized spacial score (nSPS) is 18.2. The average molecular weight is 614 g/mol. The quantitative estimate of drug-likeness (QED) is 0.171. The van der Waals surface area contributed by atoms with Crippen molar-refractivity contribution in [3.05, 3.63) is 108 Å². The van der Waals surface area contributed by atoms with Gasteiger partial charge in [-0.25, -0.2) is 9.59 Å². The van der Waals surface area contributed by atoms with Crippen LogP contribution in [0.15, 0.2) is 91.0 Å². The summed E-state index contributed by atoms with van der Waals surface area (Å²) in [5.74, 6) is -0.448. The predicted molar refractivity (Wildman–Crippen MR) is 177 cm³/mol. The highest BCUT2D eigenvalue weighted by atomic mass is 16.6. The van der Waals surface area contributed by atoms with Gasteiger partial charge in [0.1, 0.15) is 6.10 Å². The lowest BCUT2D eigenvalue weighted by Gasteiger charge is -2.47. The molecule has 3 aromatic carbocycles. The fraction of sp³-hybridized carbons (Fsp3) is 0.417. The van der Waals surface area contributed by atoms with Gasteiger partial charge in [0.25, 0.3) is 5.91 Å². The Morgan fingerprint density at radius 3 is 1.91 bits per heavy atom. The third kappa shape index (κ3) is 10.1. The standard InChI is InChI=1S/C36H47N5O4/c1-3-5-22-37-35(43)40-32-24-30(25-39-34(42)29-20-14-9-15-21-29)31(45-36(44)38-23-6-4-2)26-41(32)33(27-16-10-7-11-17-27)28-18-12-8-13-19-28/h7-21,30-33H,3-6,22-26H2,1-2H3,(H,38,44)(H,39,42)(H2,37,40,43). The van der Waals surface area contributed by atoms with Crippen molar-refractivity contribution < 1.29 is 19.1 Å². The van der Waals surface area contributed by atoms with Crippen LogP contribution in [0.5, 0.6) is 0 Å². The molecule has 0 aliphatic carbocycles. The summed E-state index contributed by atoms with van der Waals surface area (Å²) >= 11 is 0. The third-order valence-electron chi connectivity index (χ3n) is 8.14. The van der Waals surface area contributed by atoms with Crippen molar-refractivity contribution in [2.24, 2.45) is 5.92 Å². The summed E-state index contributed by atoms with van der Waals surface area (Å²) in [5.41, 5.74) is 2.68. The molecule has 1 fully saturated rings. The summed E-state index contributed by atoms with van der Waals surface area (Å²) in [6.45, 7) is 5.89. The highest BCUT2D eigenvalue weighted by molar-refractivity contribution is 5.94. The maximum atomic E-state index is 13.2. The number of benzene rings is 3. The molecule has 4 rings (SSSR count). The molecule has 0 bridgehead atoms. The van der Waals surface area contributed by atoms with Gasteiger partial charge in [-0.1, -0.05) is 106 Å². The Kier molecular flexibility index (Phi) is 13.3. The van der Waals surface area contributed by atoms with E-state index in [4.69, 9.17) is 4.74 Å². The van der Waals surface area contributed by atoms with E-state index in [0.29, 0.717) is 31.6 Å². The van der Waals surface area contributed by atoms with Crippen molar-refractivity contribution in [1.29, 1.82) is 0 Å². The number of amides is 4. The zero-order valence-corrected chi connectivity index (χ0v) is 26.4. The fourth-order valence-electron chi connectivity index (χ4n) is 5.72. The van der Waals surface area contributed by atoms with E-state index >= 15 is 0 Å². The summed E-state index contributed by atoms with van der Waals surface area (Å²) in [4.78, 5) is 41.4. The van der Waals surface area contributed by atoms with Crippen LogP contribution in [0.4, 0.5) is 9.59 Å². The van der Waals surface area contributed by atoms with Crippen LogP contribution in [0.2, 0.25) is 0 Å². The number of carbonyl (C=O) groups is 3. The molecule has 3 atom stereocenters. The average Bonchev–Trinajstić information content (AvgIpc) is 3.06. The second-order valence-corrected chi connectivity index (χ2v) is 11.5. The zero-order chi connectivity index (χ0) is 31.9. The van der Waals surface area contributed by atoms with Crippen LogP contribution in [0.25, 0.3) is 0 Å². The minimum atomic E-state index is -0.543. The van der Waals surface area contributed by atoms with E-state index in [2.05, 4.69) is 64.3 Å². The Labute approximate surface area is 267 Å². The van der Waals surface area contributed by atoms with Gasteiger partial charge < -0.3 is 26.0 Å². The Morgan fingerprint density at radius 1 is 0.778 bits per heavy atom. The first-order valence-electron chi connectivity index (χ1n) is 16.2. The number of ether oxygens (including phenoxy) is 1. The number of hydrogen-bond donors (Lipinski definition) is 4. The van der Waals surface area contributed by atoms with Crippen LogP contribution in [-0.4, -0.2) is 61.4 Å². The van der Waals surface area contributed by atoms with E-state index in [1.54, 1.807) is 12.1 Å². The molecule has 1 aliphatic rings. The molecule has 9 heteroatoms. The summed E-state index contributed by atoms with van der Waals surface area (Å²) < 4.78 is 6.10. The van der Waals surface area contributed by atoms with Gasteiger partial charge in [0.15, 0.2) is 0 Å². The molecular formula is C36H47N5O4. The van der Waals surface area contributed by atoms with Gasteiger partial charge in [0.2, 0.25) is 0 Å². The number of unbranched alkanes of at least 4 members (excludes halogenated alkanes) is 2. The van der Waals surface area contributed by atoms with Crippen LogP contribution in [0.3, 0.4) is 0 Å². The molecule has 3 aromatic rings. The largest absolute Gasteiger partial charge is 0.445 e. The number of alkyl carbamates (subject to hydrolysis) is 1. The molecule has 45 heavy (non-hydrogen) atoms. The highest BCUT2D eigenvalue weighted by Gasteiger charge is 2.42. The maximum Gasteiger partial charge on any atom is 0.407 e. The van der Waals surface area contributed by atoms with Crippen LogP contribution in [0.1, 0.15) is 73.5 Å². The smallest absolute Gasteiger partial charge is 0.407 e. The van der Waals surface area contributed by atoms with E-state index in [1.807, 2.05) is 54.6 Å². The molecule has 4 N–H and O–H groups in total. The Hall–Kier alpha value is -4.37. The molecule has 3 unspecified atom stereocenters. The van der Waals surface area contributed by atoms with E-state index in [1.165, 1.54) is 0 Å². The molecule has 4 amide bonds. The SMILES string of the molecule is CCCCNC(=O)NC1CC(CNC(=O)c2ccccc2)C(OC(=O)NCCCC)CN1C(c1ccccc1)c1ccccc1. The molecule has 0 saturated carbocycles. The van der Waals surface area contributed by atoms with Crippen molar-refractivity contribution in [1.82, 2.24) is 26.2 Å². The molecule has 1 heterocycles. The third-order valence-corrected chi connectivity index (χ3v) is 8.14.